The molecule has 2 N–H and O–H groups in total. The molecule has 2 heterocycles. The number of hydrogen-bond acceptors (Lipinski definition) is 5. The van der Waals surface area contributed by atoms with Gasteiger partial charge in [-0.2, -0.15) is 0 Å². The van der Waals surface area contributed by atoms with E-state index in [1.165, 1.54) is 37.4 Å². The van der Waals surface area contributed by atoms with E-state index < -0.39 is 11.8 Å². The Morgan fingerprint density at radius 3 is 2.37 bits per heavy atom. The maximum atomic E-state index is 12.2. The molecule has 0 aromatic heterocycles. The van der Waals surface area contributed by atoms with Crippen LogP contribution in [-0.2, 0) is 4.79 Å². The number of hydrogen-bond donors (Lipinski definition) is 2. The molecule has 2 aromatic carbocycles. The molecule has 2 aliphatic rings. The molecule has 0 saturated carbocycles. The number of benzene rings is 2. The number of ether oxygens (including phenoxy) is 2. The van der Waals surface area contributed by atoms with Gasteiger partial charge in [-0.15, -0.1) is 0 Å². The van der Waals surface area contributed by atoms with Crippen molar-refractivity contribution in [2.24, 2.45) is 0 Å². The van der Waals surface area contributed by atoms with Crippen molar-refractivity contribution in [1.82, 2.24) is 10.9 Å². The van der Waals surface area contributed by atoms with Gasteiger partial charge in [-0.05, 0) is 54.8 Å². The van der Waals surface area contributed by atoms with Gasteiger partial charge in [0.25, 0.3) is 11.8 Å². The third-order valence-corrected chi connectivity index (χ3v) is 5.23. The third kappa shape index (κ3) is 4.92. The summed E-state index contributed by atoms with van der Waals surface area (Å²) in [6, 6.07) is 13.0. The second-order valence-corrected chi connectivity index (χ2v) is 7.34. The van der Waals surface area contributed by atoms with Crippen LogP contribution in [0.1, 0.15) is 41.6 Å². The molecule has 4 rings (SSSR count). The molecule has 1 saturated heterocycles. The van der Waals surface area contributed by atoms with E-state index in [1.807, 2.05) is 12.1 Å². The molecule has 2 aliphatic heterocycles. The molecule has 156 valence electrons. The molecule has 7 heteroatoms. The van der Waals surface area contributed by atoms with Crippen molar-refractivity contribution < 1.29 is 19.1 Å². The molecular formula is C23H25N3O4. The van der Waals surface area contributed by atoms with Crippen LogP contribution in [0.3, 0.4) is 0 Å². The molecular weight excluding hydrogens is 382 g/mol. The highest BCUT2D eigenvalue weighted by Crippen LogP contribution is 2.32. The minimum Gasteiger partial charge on any atom is -0.454 e. The summed E-state index contributed by atoms with van der Waals surface area (Å²) in [4.78, 5) is 26.6. The lowest BCUT2D eigenvalue weighted by Gasteiger charge is -2.22. The Morgan fingerprint density at radius 2 is 1.60 bits per heavy atom. The van der Waals surface area contributed by atoms with Crippen LogP contribution in [0, 0.1) is 0 Å². The summed E-state index contributed by atoms with van der Waals surface area (Å²) in [6.07, 6.45) is 8.18. The SMILES string of the molecule is O=C(/C=C/c1ccc(N2CCCCCC2)cc1)NNC(=O)c1ccc2c(c1)OCO2. The Balaban J connectivity index is 1.27. The minimum absolute atomic E-state index is 0.140. The summed E-state index contributed by atoms with van der Waals surface area (Å²) in [6.45, 7) is 2.34. The molecule has 0 bridgehead atoms. The van der Waals surface area contributed by atoms with Crippen LogP contribution in [0.4, 0.5) is 5.69 Å². The lowest BCUT2D eigenvalue weighted by molar-refractivity contribution is -0.117. The Morgan fingerprint density at radius 1 is 0.867 bits per heavy atom. The maximum Gasteiger partial charge on any atom is 0.269 e. The van der Waals surface area contributed by atoms with E-state index in [9.17, 15) is 9.59 Å². The number of carbonyl (C=O) groups is 2. The third-order valence-electron chi connectivity index (χ3n) is 5.23. The average Bonchev–Trinajstić information content (AvgIpc) is 3.08. The minimum atomic E-state index is -0.433. The van der Waals surface area contributed by atoms with Crippen molar-refractivity contribution in [3.05, 3.63) is 59.7 Å². The molecule has 0 unspecified atom stereocenters. The van der Waals surface area contributed by atoms with E-state index in [2.05, 4.69) is 27.9 Å². The lowest BCUT2D eigenvalue weighted by Crippen LogP contribution is -2.40. The summed E-state index contributed by atoms with van der Waals surface area (Å²) < 4.78 is 10.5. The number of hydrazine groups is 1. The first-order valence-electron chi connectivity index (χ1n) is 10.2. The van der Waals surface area contributed by atoms with E-state index in [0.29, 0.717) is 17.1 Å². The first-order chi connectivity index (χ1) is 14.7. The molecule has 0 radical (unpaired) electrons. The van der Waals surface area contributed by atoms with Crippen molar-refractivity contribution in [2.75, 3.05) is 24.8 Å². The molecule has 7 nitrogen and oxygen atoms in total. The topological polar surface area (TPSA) is 79.9 Å². The van der Waals surface area contributed by atoms with Crippen LogP contribution in [0.25, 0.3) is 6.08 Å². The maximum absolute atomic E-state index is 12.2. The summed E-state index contributed by atoms with van der Waals surface area (Å²) in [5.74, 6) is 0.260. The number of amides is 2. The fourth-order valence-electron chi connectivity index (χ4n) is 3.57. The number of fused-ring (bicyclic) bond motifs is 1. The molecule has 30 heavy (non-hydrogen) atoms. The van der Waals surface area contributed by atoms with E-state index >= 15 is 0 Å². The van der Waals surface area contributed by atoms with E-state index in [0.717, 1.165) is 18.7 Å². The fourth-order valence-corrected chi connectivity index (χ4v) is 3.57. The predicted octanol–water partition coefficient (Wildman–Crippen LogP) is 3.27. The van der Waals surface area contributed by atoms with Gasteiger partial charge in [-0.25, -0.2) is 0 Å². The highest BCUT2D eigenvalue weighted by Gasteiger charge is 2.16. The Bertz CT molecular complexity index is 932. The highest BCUT2D eigenvalue weighted by atomic mass is 16.7. The van der Waals surface area contributed by atoms with Gasteiger partial charge in [-0.3, -0.25) is 20.4 Å². The van der Waals surface area contributed by atoms with Crippen LogP contribution in [0.2, 0.25) is 0 Å². The van der Waals surface area contributed by atoms with E-state index in [-0.39, 0.29) is 6.79 Å². The second-order valence-electron chi connectivity index (χ2n) is 7.34. The normalized spacial score (nSPS) is 15.7. The van der Waals surface area contributed by atoms with Crippen LogP contribution in [0.5, 0.6) is 11.5 Å². The average molecular weight is 407 g/mol. The van der Waals surface area contributed by atoms with Crippen LogP contribution >= 0.6 is 0 Å². The first kappa shape index (κ1) is 19.8. The molecule has 1 fully saturated rings. The van der Waals surface area contributed by atoms with Gasteiger partial charge < -0.3 is 14.4 Å². The van der Waals surface area contributed by atoms with E-state index in [1.54, 1.807) is 24.3 Å². The zero-order chi connectivity index (χ0) is 20.8. The number of anilines is 1. The Hall–Kier alpha value is -3.48. The quantitative estimate of drug-likeness (QED) is 0.601. The molecule has 2 aromatic rings. The van der Waals surface area contributed by atoms with Crippen LogP contribution in [-0.4, -0.2) is 31.7 Å². The monoisotopic (exact) mass is 407 g/mol. The molecule has 0 atom stereocenters. The zero-order valence-corrected chi connectivity index (χ0v) is 16.7. The fraction of sp³-hybridized carbons (Fsp3) is 0.304. The van der Waals surface area contributed by atoms with Crippen molar-refractivity contribution in [3.8, 4) is 11.5 Å². The van der Waals surface area contributed by atoms with Crippen molar-refractivity contribution in [1.29, 1.82) is 0 Å². The summed E-state index contributed by atoms with van der Waals surface area (Å²) >= 11 is 0. The van der Waals surface area contributed by atoms with Crippen molar-refractivity contribution >= 4 is 23.6 Å². The van der Waals surface area contributed by atoms with Gasteiger partial charge in [0, 0.05) is 30.4 Å². The summed E-state index contributed by atoms with van der Waals surface area (Å²) in [5, 5.41) is 0. The van der Waals surface area contributed by atoms with Gasteiger partial charge >= 0.3 is 0 Å². The highest BCUT2D eigenvalue weighted by molar-refractivity contribution is 5.98. The molecule has 2 amide bonds. The van der Waals surface area contributed by atoms with Crippen LogP contribution < -0.4 is 25.2 Å². The molecule has 0 aliphatic carbocycles. The number of rotatable bonds is 4. The number of carbonyl (C=O) groups excluding carboxylic acids is 2. The van der Waals surface area contributed by atoms with Crippen molar-refractivity contribution in [3.63, 3.8) is 0 Å². The number of nitrogens with one attached hydrogen (secondary N) is 2. The van der Waals surface area contributed by atoms with Gasteiger partial charge in [0.2, 0.25) is 6.79 Å². The van der Waals surface area contributed by atoms with E-state index in [4.69, 9.17) is 9.47 Å². The Labute approximate surface area is 175 Å². The zero-order valence-electron chi connectivity index (χ0n) is 16.7. The second kappa shape index (κ2) is 9.35. The Kier molecular flexibility index (Phi) is 6.17. The smallest absolute Gasteiger partial charge is 0.269 e. The van der Waals surface area contributed by atoms with Crippen molar-refractivity contribution in [2.45, 2.75) is 25.7 Å². The summed E-state index contributed by atoms with van der Waals surface area (Å²) in [7, 11) is 0. The van der Waals surface area contributed by atoms with Gasteiger partial charge in [-0.1, -0.05) is 25.0 Å². The largest absolute Gasteiger partial charge is 0.454 e. The van der Waals surface area contributed by atoms with Crippen LogP contribution in [0.15, 0.2) is 48.5 Å². The molecule has 0 spiro atoms. The van der Waals surface area contributed by atoms with Gasteiger partial charge in [0.15, 0.2) is 11.5 Å². The standard InChI is InChI=1S/C23H25N3O4/c27-22(24-25-23(28)18-8-11-20-21(15-18)30-16-29-20)12-7-17-5-9-19(10-6-17)26-13-3-1-2-4-14-26/h5-12,15H,1-4,13-14,16H2,(H,24,27)(H,25,28)/b12-7+. The number of nitrogens with zero attached hydrogens (tertiary/aromatic N) is 1. The summed E-state index contributed by atoms with van der Waals surface area (Å²) in [5.41, 5.74) is 7.28. The van der Waals surface area contributed by atoms with Gasteiger partial charge in [0.05, 0.1) is 0 Å². The lowest BCUT2D eigenvalue weighted by atomic mass is 10.1. The first-order valence-corrected chi connectivity index (χ1v) is 10.2. The van der Waals surface area contributed by atoms with Gasteiger partial charge in [0.1, 0.15) is 0 Å². The predicted molar refractivity (Wildman–Crippen MR) is 114 cm³/mol.